The predicted molar refractivity (Wildman–Crippen MR) is 73.5 cm³/mol. The van der Waals surface area contributed by atoms with Crippen molar-refractivity contribution in [2.75, 3.05) is 7.11 Å². The Morgan fingerprint density at radius 2 is 2.17 bits per heavy atom. The van der Waals surface area contributed by atoms with E-state index in [2.05, 4.69) is 48.1 Å². The molecule has 3 rings (SSSR count). The molecule has 0 aliphatic carbocycles. The number of para-hydroxylation sites is 1. The third-order valence-corrected chi connectivity index (χ3v) is 3.79. The van der Waals surface area contributed by atoms with Crippen molar-refractivity contribution in [3.8, 4) is 0 Å². The highest BCUT2D eigenvalue weighted by molar-refractivity contribution is 5.85. The molecule has 0 unspecified atom stereocenters. The largest absolute Gasteiger partial charge is 0.500 e. The number of nitrogens with one attached hydrogen (secondary N) is 2. The molecule has 1 aromatic heterocycles. The zero-order valence-corrected chi connectivity index (χ0v) is 10.8. The summed E-state index contributed by atoms with van der Waals surface area (Å²) in [5.74, 6) is 0.804. The number of fused-ring (bicyclic) bond motifs is 3. The summed E-state index contributed by atoms with van der Waals surface area (Å²) in [5.41, 5.74) is 3.89. The monoisotopic (exact) mass is 242 g/mol. The number of aromatic amines is 1. The number of rotatable bonds is 2. The van der Waals surface area contributed by atoms with Gasteiger partial charge in [0, 0.05) is 22.6 Å². The summed E-state index contributed by atoms with van der Waals surface area (Å²) in [5, 5.41) is 4.84. The molecule has 1 aliphatic rings. The van der Waals surface area contributed by atoms with Gasteiger partial charge >= 0.3 is 0 Å². The molecule has 0 fully saturated rings. The van der Waals surface area contributed by atoms with Crippen LogP contribution in [-0.2, 0) is 11.2 Å². The molecule has 0 bridgehead atoms. The van der Waals surface area contributed by atoms with Crippen LogP contribution >= 0.6 is 0 Å². The maximum absolute atomic E-state index is 5.27. The molecule has 3 nitrogen and oxygen atoms in total. The second kappa shape index (κ2) is 4.18. The number of methoxy groups -OCH3 is 1. The highest BCUT2D eigenvalue weighted by Gasteiger charge is 2.28. The molecule has 2 aromatic rings. The maximum atomic E-state index is 5.27. The number of aromatic nitrogens is 1. The van der Waals surface area contributed by atoms with Crippen LogP contribution in [0.1, 0.15) is 24.2 Å². The molecule has 0 saturated heterocycles. The van der Waals surface area contributed by atoms with E-state index < -0.39 is 0 Å². The van der Waals surface area contributed by atoms with E-state index in [0.717, 1.165) is 12.2 Å². The van der Waals surface area contributed by atoms with Crippen molar-refractivity contribution in [1.82, 2.24) is 10.3 Å². The summed E-state index contributed by atoms with van der Waals surface area (Å²) in [6.45, 7) is 6.14. The van der Waals surface area contributed by atoms with Gasteiger partial charge in [-0.05, 0) is 25.0 Å². The Hall–Kier alpha value is -1.74. The topological polar surface area (TPSA) is 37.0 Å². The van der Waals surface area contributed by atoms with Crippen molar-refractivity contribution in [2.24, 2.45) is 0 Å². The highest BCUT2D eigenvalue weighted by atomic mass is 16.5. The molecular formula is C15H18N2O. The molecule has 0 amide bonds. The fourth-order valence-electron chi connectivity index (χ4n) is 2.81. The second-order valence-electron chi connectivity index (χ2n) is 4.88. The van der Waals surface area contributed by atoms with Gasteiger partial charge < -0.3 is 9.72 Å². The van der Waals surface area contributed by atoms with Crippen LogP contribution in [0.25, 0.3) is 10.9 Å². The lowest BCUT2D eigenvalue weighted by Gasteiger charge is -2.29. The minimum atomic E-state index is 0.191. The third kappa shape index (κ3) is 1.63. The van der Waals surface area contributed by atoms with Gasteiger partial charge in [-0.3, -0.25) is 5.32 Å². The van der Waals surface area contributed by atoms with E-state index in [0.29, 0.717) is 0 Å². The first kappa shape index (κ1) is 11.4. The maximum Gasteiger partial charge on any atom is 0.106 e. The van der Waals surface area contributed by atoms with E-state index in [4.69, 9.17) is 4.74 Å². The summed E-state index contributed by atoms with van der Waals surface area (Å²) in [6, 6.07) is 8.93. The summed E-state index contributed by atoms with van der Waals surface area (Å²) >= 11 is 0. The van der Waals surface area contributed by atoms with Crippen LogP contribution in [0.3, 0.4) is 0 Å². The minimum absolute atomic E-state index is 0.191. The summed E-state index contributed by atoms with van der Waals surface area (Å²) in [7, 11) is 1.68. The molecule has 0 saturated carbocycles. The lowest BCUT2D eigenvalue weighted by Crippen LogP contribution is -2.39. The molecule has 1 aliphatic heterocycles. The fourth-order valence-corrected chi connectivity index (χ4v) is 2.81. The van der Waals surface area contributed by atoms with Crippen LogP contribution in [0.2, 0.25) is 0 Å². The van der Waals surface area contributed by atoms with E-state index in [-0.39, 0.29) is 12.1 Å². The van der Waals surface area contributed by atoms with Crippen molar-refractivity contribution in [1.29, 1.82) is 0 Å². The summed E-state index contributed by atoms with van der Waals surface area (Å²) < 4.78 is 5.27. The average Bonchev–Trinajstić information content (AvgIpc) is 2.77. The normalized spacial score (nSPS) is 22.8. The van der Waals surface area contributed by atoms with Gasteiger partial charge in [-0.25, -0.2) is 0 Å². The molecule has 0 spiro atoms. The summed E-state index contributed by atoms with van der Waals surface area (Å²) in [4.78, 5) is 3.51. The van der Waals surface area contributed by atoms with E-state index in [1.54, 1.807) is 7.11 Å². The quantitative estimate of drug-likeness (QED) is 0.794. The van der Waals surface area contributed by atoms with Crippen LogP contribution in [0.5, 0.6) is 0 Å². The van der Waals surface area contributed by atoms with Crippen molar-refractivity contribution < 1.29 is 4.74 Å². The SMILES string of the molecule is C=C(OC)[C@@H]1Cc2c([nH]c3ccccc23)[C@H](C)N1. The van der Waals surface area contributed by atoms with Crippen LogP contribution in [-0.4, -0.2) is 18.1 Å². The van der Waals surface area contributed by atoms with Gasteiger partial charge in [0.15, 0.2) is 0 Å². The van der Waals surface area contributed by atoms with Gasteiger partial charge in [0.25, 0.3) is 0 Å². The second-order valence-corrected chi connectivity index (χ2v) is 4.88. The van der Waals surface area contributed by atoms with Gasteiger partial charge in [0.2, 0.25) is 0 Å². The Morgan fingerprint density at radius 3 is 2.94 bits per heavy atom. The number of hydrogen-bond acceptors (Lipinski definition) is 2. The van der Waals surface area contributed by atoms with Crippen molar-refractivity contribution in [3.63, 3.8) is 0 Å². The molecule has 0 radical (unpaired) electrons. The first-order chi connectivity index (χ1) is 8.70. The first-order valence-electron chi connectivity index (χ1n) is 6.29. The van der Waals surface area contributed by atoms with Gasteiger partial charge in [0.1, 0.15) is 5.76 Å². The van der Waals surface area contributed by atoms with E-state index in [1.165, 1.54) is 22.2 Å². The number of benzene rings is 1. The Kier molecular flexibility index (Phi) is 2.63. The third-order valence-electron chi connectivity index (χ3n) is 3.79. The predicted octanol–water partition coefficient (Wildman–Crippen LogP) is 2.90. The average molecular weight is 242 g/mol. The number of hydrogen-bond donors (Lipinski definition) is 2. The van der Waals surface area contributed by atoms with Gasteiger partial charge in [0.05, 0.1) is 13.2 Å². The molecule has 3 heteroatoms. The van der Waals surface area contributed by atoms with E-state index in [9.17, 15) is 0 Å². The number of ether oxygens (including phenoxy) is 1. The smallest absolute Gasteiger partial charge is 0.106 e. The van der Waals surface area contributed by atoms with Crippen LogP contribution < -0.4 is 5.32 Å². The highest BCUT2D eigenvalue weighted by Crippen LogP contribution is 2.32. The molecule has 2 heterocycles. The lowest BCUT2D eigenvalue weighted by molar-refractivity contribution is 0.240. The zero-order valence-electron chi connectivity index (χ0n) is 10.8. The standard InChI is InChI=1S/C15H18N2O/c1-9-15-12(8-14(16-9)10(2)18-3)11-6-4-5-7-13(11)17-15/h4-7,9,14,16-17H,2,8H2,1,3H3/t9-,14-/m0/s1. The van der Waals surface area contributed by atoms with Crippen molar-refractivity contribution >= 4 is 10.9 Å². The summed E-state index contributed by atoms with van der Waals surface area (Å²) in [6.07, 6.45) is 0.927. The van der Waals surface area contributed by atoms with Crippen LogP contribution in [0.4, 0.5) is 0 Å². The Bertz CT molecular complexity index is 600. The molecular weight excluding hydrogens is 224 g/mol. The van der Waals surface area contributed by atoms with Crippen molar-refractivity contribution in [2.45, 2.75) is 25.4 Å². The van der Waals surface area contributed by atoms with E-state index >= 15 is 0 Å². The molecule has 2 atom stereocenters. The van der Waals surface area contributed by atoms with Gasteiger partial charge in [-0.2, -0.15) is 0 Å². The number of H-pyrrole nitrogens is 1. The molecule has 18 heavy (non-hydrogen) atoms. The first-order valence-corrected chi connectivity index (χ1v) is 6.29. The Labute approximate surface area is 107 Å². The lowest BCUT2D eigenvalue weighted by atomic mass is 9.94. The van der Waals surface area contributed by atoms with Gasteiger partial charge in [-0.15, -0.1) is 0 Å². The van der Waals surface area contributed by atoms with Crippen LogP contribution in [0, 0.1) is 0 Å². The molecule has 1 aromatic carbocycles. The van der Waals surface area contributed by atoms with Gasteiger partial charge in [-0.1, -0.05) is 24.8 Å². The Morgan fingerprint density at radius 1 is 1.39 bits per heavy atom. The molecule has 2 N–H and O–H groups in total. The minimum Gasteiger partial charge on any atom is -0.500 e. The van der Waals surface area contributed by atoms with E-state index in [1.807, 2.05) is 0 Å². The fraction of sp³-hybridized carbons (Fsp3) is 0.333. The molecule has 94 valence electrons. The zero-order chi connectivity index (χ0) is 12.7. The van der Waals surface area contributed by atoms with Crippen molar-refractivity contribution in [3.05, 3.63) is 47.9 Å². The van der Waals surface area contributed by atoms with Crippen LogP contribution in [0.15, 0.2) is 36.6 Å². The Balaban J connectivity index is 2.09.